The number of nitrogens with zero attached hydrogens (tertiary/aromatic N) is 4. The van der Waals surface area contributed by atoms with Gasteiger partial charge in [0.05, 0.1) is 0 Å². The minimum atomic E-state index is 0.716. The highest BCUT2D eigenvalue weighted by Crippen LogP contribution is 2.19. The SMILES string of the molecule is CNc1cc(Nc2ccc(OCCN3CCN(C)CC3)cc2)ncn1. The number of benzene rings is 1. The molecule has 134 valence electrons. The van der Waals surface area contributed by atoms with Crippen molar-refractivity contribution in [3.05, 3.63) is 36.7 Å². The summed E-state index contributed by atoms with van der Waals surface area (Å²) < 4.78 is 5.86. The Kier molecular flexibility index (Phi) is 6.03. The lowest BCUT2D eigenvalue weighted by molar-refractivity contribution is 0.134. The molecule has 1 aliphatic rings. The number of hydrogen-bond acceptors (Lipinski definition) is 7. The van der Waals surface area contributed by atoms with E-state index in [4.69, 9.17) is 4.74 Å². The first-order valence-electron chi connectivity index (χ1n) is 8.63. The summed E-state index contributed by atoms with van der Waals surface area (Å²) in [5.74, 6) is 2.42. The van der Waals surface area contributed by atoms with E-state index in [1.165, 1.54) is 6.33 Å². The van der Waals surface area contributed by atoms with Gasteiger partial charge in [-0.1, -0.05) is 0 Å². The van der Waals surface area contributed by atoms with Crippen molar-refractivity contribution in [2.45, 2.75) is 0 Å². The van der Waals surface area contributed by atoms with Crippen molar-refractivity contribution in [1.29, 1.82) is 0 Å². The lowest BCUT2D eigenvalue weighted by atomic mass is 10.3. The lowest BCUT2D eigenvalue weighted by Gasteiger charge is -2.32. The van der Waals surface area contributed by atoms with Gasteiger partial charge in [-0.05, 0) is 31.3 Å². The average Bonchev–Trinajstić information content (AvgIpc) is 2.65. The van der Waals surface area contributed by atoms with Gasteiger partial charge in [0.1, 0.15) is 30.3 Å². The van der Waals surface area contributed by atoms with E-state index in [-0.39, 0.29) is 0 Å². The fourth-order valence-corrected chi connectivity index (χ4v) is 2.71. The van der Waals surface area contributed by atoms with Gasteiger partial charge in [0.2, 0.25) is 0 Å². The maximum atomic E-state index is 5.86. The Balaban J connectivity index is 1.45. The van der Waals surface area contributed by atoms with Crippen molar-refractivity contribution >= 4 is 17.3 Å². The molecular formula is C18H26N6O. The summed E-state index contributed by atoms with van der Waals surface area (Å²) in [5.41, 5.74) is 0.965. The van der Waals surface area contributed by atoms with Crippen molar-refractivity contribution in [2.24, 2.45) is 0 Å². The summed E-state index contributed by atoms with van der Waals surface area (Å²) >= 11 is 0. The second kappa shape index (κ2) is 8.64. The number of anilines is 3. The van der Waals surface area contributed by atoms with Crippen molar-refractivity contribution in [3.8, 4) is 5.75 Å². The molecule has 1 aliphatic heterocycles. The third-order valence-electron chi connectivity index (χ3n) is 4.32. The minimum Gasteiger partial charge on any atom is -0.492 e. The number of rotatable bonds is 7. The second-order valence-corrected chi connectivity index (χ2v) is 6.18. The molecule has 1 aromatic carbocycles. The maximum Gasteiger partial charge on any atom is 0.135 e. The average molecular weight is 342 g/mol. The summed E-state index contributed by atoms with van der Waals surface area (Å²) in [6, 6.07) is 9.80. The van der Waals surface area contributed by atoms with Gasteiger partial charge < -0.3 is 20.3 Å². The third kappa shape index (κ3) is 5.30. The molecule has 0 radical (unpaired) electrons. The first kappa shape index (κ1) is 17.4. The Bertz CT molecular complexity index is 655. The smallest absolute Gasteiger partial charge is 0.135 e. The van der Waals surface area contributed by atoms with Gasteiger partial charge in [0.15, 0.2) is 0 Å². The Labute approximate surface area is 149 Å². The topological polar surface area (TPSA) is 65.6 Å². The summed E-state index contributed by atoms with van der Waals surface area (Å²) in [5, 5.41) is 6.26. The normalized spacial score (nSPS) is 15.8. The van der Waals surface area contributed by atoms with Gasteiger partial charge in [-0.2, -0.15) is 0 Å². The number of nitrogens with one attached hydrogen (secondary N) is 2. The van der Waals surface area contributed by atoms with Crippen LogP contribution >= 0.6 is 0 Å². The lowest BCUT2D eigenvalue weighted by Crippen LogP contribution is -2.45. The largest absolute Gasteiger partial charge is 0.492 e. The monoisotopic (exact) mass is 342 g/mol. The first-order chi connectivity index (χ1) is 12.2. The van der Waals surface area contributed by atoms with Crippen LogP contribution in [0.5, 0.6) is 5.75 Å². The Hall–Kier alpha value is -2.38. The van der Waals surface area contributed by atoms with Gasteiger partial charge >= 0.3 is 0 Å². The molecule has 1 aromatic heterocycles. The van der Waals surface area contributed by atoms with Gasteiger partial charge in [-0.3, -0.25) is 4.90 Å². The maximum absolute atomic E-state index is 5.86. The molecule has 2 aromatic rings. The number of likely N-dealkylation sites (N-methyl/N-ethyl adjacent to an activating group) is 1. The van der Waals surface area contributed by atoms with E-state index < -0.39 is 0 Å². The van der Waals surface area contributed by atoms with Crippen molar-refractivity contribution < 1.29 is 4.74 Å². The molecule has 25 heavy (non-hydrogen) atoms. The molecule has 7 heteroatoms. The van der Waals surface area contributed by atoms with Crippen LogP contribution < -0.4 is 15.4 Å². The number of aromatic nitrogens is 2. The second-order valence-electron chi connectivity index (χ2n) is 6.18. The van der Waals surface area contributed by atoms with E-state index in [9.17, 15) is 0 Å². The van der Waals surface area contributed by atoms with Crippen LogP contribution in [0, 0.1) is 0 Å². The molecule has 2 heterocycles. The molecule has 2 N–H and O–H groups in total. The van der Waals surface area contributed by atoms with Crippen LogP contribution in [0.4, 0.5) is 17.3 Å². The van der Waals surface area contributed by atoms with Crippen LogP contribution in [0.25, 0.3) is 0 Å². The first-order valence-corrected chi connectivity index (χ1v) is 8.63. The highest BCUT2D eigenvalue weighted by Gasteiger charge is 2.13. The zero-order valence-electron chi connectivity index (χ0n) is 14.9. The van der Waals surface area contributed by atoms with Crippen LogP contribution in [-0.4, -0.2) is 73.2 Å². The van der Waals surface area contributed by atoms with E-state index in [1.54, 1.807) is 0 Å². The van der Waals surface area contributed by atoms with E-state index >= 15 is 0 Å². The highest BCUT2D eigenvalue weighted by atomic mass is 16.5. The molecule has 1 fully saturated rings. The van der Waals surface area contributed by atoms with Crippen molar-refractivity contribution in [3.63, 3.8) is 0 Å². The van der Waals surface area contributed by atoms with E-state index in [1.807, 2.05) is 37.4 Å². The predicted molar refractivity (Wildman–Crippen MR) is 101 cm³/mol. The predicted octanol–water partition coefficient (Wildman–Crippen LogP) is 1.89. The molecule has 0 spiro atoms. The quantitative estimate of drug-likeness (QED) is 0.796. The van der Waals surface area contributed by atoms with Gasteiger partial charge in [-0.15, -0.1) is 0 Å². The van der Waals surface area contributed by atoms with E-state index in [2.05, 4.69) is 37.4 Å². The molecule has 0 atom stereocenters. The molecule has 1 saturated heterocycles. The highest BCUT2D eigenvalue weighted by molar-refractivity contribution is 5.59. The molecule has 7 nitrogen and oxygen atoms in total. The standard InChI is InChI=1S/C18H26N6O/c1-19-17-13-18(21-14-20-17)22-15-3-5-16(6-4-15)25-12-11-24-9-7-23(2)8-10-24/h3-6,13-14H,7-12H2,1-2H3,(H2,19,20,21,22). The summed E-state index contributed by atoms with van der Waals surface area (Å²) in [6.07, 6.45) is 1.53. The van der Waals surface area contributed by atoms with Crippen molar-refractivity contribution in [2.75, 3.05) is 64.1 Å². The third-order valence-corrected chi connectivity index (χ3v) is 4.32. The van der Waals surface area contributed by atoms with E-state index in [0.717, 1.165) is 55.8 Å². The molecule has 0 aliphatic carbocycles. The fraction of sp³-hybridized carbons (Fsp3) is 0.444. The Morgan fingerprint density at radius 2 is 1.76 bits per heavy atom. The van der Waals surface area contributed by atoms with Crippen LogP contribution in [0.1, 0.15) is 0 Å². The molecule has 0 amide bonds. The fourth-order valence-electron chi connectivity index (χ4n) is 2.71. The van der Waals surface area contributed by atoms with Gasteiger partial charge in [-0.25, -0.2) is 9.97 Å². The Morgan fingerprint density at radius 1 is 1.04 bits per heavy atom. The zero-order chi connectivity index (χ0) is 17.5. The van der Waals surface area contributed by atoms with Gasteiger partial charge in [0, 0.05) is 51.5 Å². The minimum absolute atomic E-state index is 0.716. The number of ether oxygens (including phenoxy) is 1. The molecule has 3 rings (SSSR count). The van der Waals surface area contributed by atoms with Crippen molar-refractivity contribution in [1.82, 2.24) is 19.8 Å². The number of hydrogen-bond donors (Lipinski definition) is 2. The van der Waals surface area contributed by atoms with Crippen LogP contribution in [0.3, 0.4) is 0 Å². The van der Waals surface area contributed by atoms with Crippen LogP contribution in [-0.2, 0) is 0 Å². The van der Waals surface area contributed by atoms with Crippen LogP contribution in [0.2, 0.25) is 0 Å². The molecule has 0 bridgehead atoms. The van der Waals surface area contributed by atoms with Crippen LogP contribution in [0.15, 0.2) is 36.7 Å². The molecule has 0 saturated carbocycles. The Morgan fingerprint density at radius 3 is 2.48 bits per heavy atom. The number of piperazine rings is 1. The molecule has 0 unspecified atom stereocenters. The molecular weight excluding hydrogens is 316 g/mol. The zero-order valence-corrected chi connectivity index (χ0v) is 14.9. The van der Waals surface area contributed by atoms with Gasteiger partial charge in [0.25, 0.3) is 0 Å². The summed E-state index contributed by atoms with van der Waals surface area (Å²) in [6.45, 7) is 6.21. The summed E-state index contributed by atoms with van der Waals surface area (Å²) in [7, 11) is 4.00. The summed E-state index contributed by atoms with van der Waals surface area (Å²) in [4.78, 5) is 13.1. The van der Waals surface area contributed by atoms with E-state index in [0.29, 0.717) is 6.61 Å².